The van der Waals surface area contributed by atoms with Crippen LogP contribution >= 0.6 is 0 Å². The summed E-state index contributed by atoms with van der Waals surface area (Å²) in [7, 11) is -0.642. The molecule has 0 aliphatic heterocycles. The molecular weight excluding hydrogens is 218 g/mol. The van der Waals surface area contributed by atoms with E-state index in [-0.39, 0.29) is 0 Å². The molecule has 0 bridgehead atoms. The van der Waals surface area contributed by atoms with Gasteiger partial charge in [-0.15, -0.1) is 0 Å². The normalized spacial score (nSPS) is 26.6. The van der Waals surface area contributed by atoms with E-state index in [1.165, 1.54) is 44.9 Å². The maximum absolute atomic E-state index is 11.1. The highest BCUT2D eigenvalue weighted by atomic mass is 32.2. The molecule has 2 aliphatic rings. The van der Waals surface area contributed by atoms with Crippen molar-refractivity contribution in [3.05, 3.63) is 0 Å². The molecule has 3 heteroatoms. The maximum atomic E-state index is 11.1. The van der Waals surface area contributed by atoms with Gasteiger partial charge in [0.1, 0.15) is 0 Å². The molecule has 1 N–H and O–H groups in total. The molecular formula is C13H25NOS. The first kappa shape index (κ1) is 12.6. The lowest BCUT2D eigenvalue weighted by atomic mass is 9.82. The van der Waals surface area contributed by atoms with E-state index in [1.54, 1.807) is 6.26 Å². The van der Waals surface area contributed by atoms with E-state index in [0.717, 1.165) is 30.2 Å². The van der Waals surface area contributed by atoms with Crippen LogP contribution in [0.3, 0.4) is 0 Å². The monoisotopic (exact) mass is 243 g/mol. The Kier molecular flexibility index (Phi) is 4.83. The molecule has 0 heterocycles. The molecule has 2 rings (SSSR count). The number of rotatable bonds is 6. The van der Waals surface area contributed by atoms with Gasteiger partial charge in [-0.1, -0.05) is 19.3 Å². The van der Waals surface area contributed by atoms with Gasteiger partial charge in [0.25, 0.3) is 0 Å². The van der Waals surface area contributed by atoms with Gasteiger partial charge in [0.05, 0.1) is 0 Å². The van der Waals surface area contributed by atoms with Gasteiger partial charge in [-0.25, -0.2) is 0 Å². The van der Waals surface area contributed by atoms with Gasteiger partial charge in [0.2, 0.25) is 0 Å². The molecule has 0 aromatic heterocycles. The van der Waals surface area contributed by atoms with Gasteiger partial charge in [0.15, 0.2) is 0 Å². The molecule has 2 saturated carbocycles. The second kappa shape index (κ2) is 6.15. The highest BCUT2D eigenvalue weighted by Gasteiger charge is 2.36. The van der Waals surface area contributed by atoms with Gasteiger partial charge in [-0.2, -0.15) is 0 Å². The third-order valence-electron chi connectivity index (χ3n) is 4.06. The molecule has 0 spiro atoms. The zero-order valence-corrected chi connectivity index (χ0v) is 11.2. The van der Waals surface area contributed by atoms with Crippen LogP contribution in [0.2, 0.25) is 0 Å². The van der Waals surface area contributed by atoms with Crippen LogP contribution in [0.15, 0.2) is 0 Å². The minimum absolute atomic E-state index is 0.642. The minimum Gasteiger partial charge on any atom is -0.313 e. The van der Waals surface area contributed by atoms with Crippen molar-refractivity contribution >= 4 is 10.8 Å². The number of hydrogen-bond acceptors (Lipinski definition) is 2. The number of nitrogens with one attached hydrogen (secondary N) is 1. The molecule has 0 saturated heterocycles. The van der Waals surface area contributed by atoms with Crippen LogP contribution < -0.4 is 5.32 Å². The summed E-state index contributed by atoms with van der Waals surface area (Å²) in [5.74, 6) is 2.66. The summed E-state index contributed by atoms with van der Waals surface area (Å²) in [4.78, 5) is 0. The van der Waals surface area contributed by atoms with Gasteiger partial charge in [0, 0.05) is 35.4 Å². The van der Waals surface area contributed by atoms with Crippen LogP contribution in [0.5, 0.6) is 0 Å². The van der Waals surface area contributed by atoms with Crippen LogP contribution in [0.1, 0.15) is 44.9 Å². The Balaban J connectivity index is 1.77. The van der Waals surface area contributed by atoms with Crippen molar-refractivity contribution in [1.82, 2.24) is 5.32 Å². The van der Waals surface area contributed by atoms with Crippen molar-refractivity contribution < 1.29 is 4.21 Å². The molecule has 2 nitrogen and oxygen atoms in total. The lowest BCUT2D eigenvalue weighted by Crippen LogP contribution is -2.40. The summed E-state index contributed by atoms with van der Waals surface area (Å²) in [6.07, 6.45) is 11.8. The first-order chi connectivity index (χ1) is 7.77. The highest BCUT2D eigenvalue weighted by Crippen LogP contribution is 2.40. The largest absolute Gasteiger partial charge is 0.313 e. The fourth-order valence-corrected chi connectivity index (χ4v) is 3.44. The van der Waals surface area contributed by atoms with E-state index < -0.39 is 10.8 Å². The standard InChI is InChI=1S/C13H25NOS/c1-16(15)10-9-14-13(12-7-8-12)11-5-3-2-4-6-11/h11-14H,2-10H2,1H3. The Morgan fingerprint density at radius 2 is 1.75 bits per heavy atom. The Hall–Kier alpha value is 0.110. The predicted molar refractivity (Wildman–Crippen MR) is 70.0 cm³/mol. The van der Waals surface area contributed by atoms with Crippen molar-refractivity contribution in [3.8, 4) is 0 Å². The summed E-state index contributed by atoms with van der Waals surface area (Å²) in [5.41, 5.74) is 0. The van der Waals surface area contributed by atoms with Crippen molar-refractivity contribution in [2.75, 3.05) is 18.6 Å². The molecule has 0 aromatic rings. The molecule has 2 atom stereocenters. The molecule has 0 amide bonds. The average molecular weight is 243 g/mol. The van der Waals surface area contributed by atoms with Crippen molar-refractivity contribution in [2.45, 2.75) is 51.0 Å². The average Bonchev–Trinajstić information content (AvgIpc) is 3.09. The lowest BCUT2D eigenvalue weighted by Gasteiger charge is -2.31. The molecule has 2 aliphatic carbocycles. The predicted octanol–water partition coefficient (Wildman–Crippen LogP) is 2.31. The van der Waals surface area contributed by atoms with E-state index in [2.05, 4.69) is 5.32 Å². The first-order valence-corrected chi connectivity index (χ1v) is 8.53. The first-order valence-electron chi connectivity index (χ1n) is 6.81. The molecule has 2 unspecified atom stereocenters. The van der Waals surface area contributed by atoms with Gasteiger partial charge in [-0.3, -0.25) is 4.21 Å². The molecule has 16 heavy (non-hydrogen) atoms. The summed E-state index contributed by atoms with van der Waals surface area (Å²) >= 11 is 0. The highest BCUT2D eigenvalue weighted by molar-refractivity contribution is 7.84. The minimum atomic E-state index is -0.642. The van der Waals surface area contributed by atoms with Crippen LogP contribution in [-0.4, -0.2) is 28.8 Å². The summed E-state index contributed by atoms with van der Waals surface area (Å²) < 4.78 is 11.1. The van der Waals surface area contributed by atoms with E-state index in [1.807, 2.05) is 0 Å². The Morgan fingerprint density at radius 1 is 1.12 bits per heavy atom. The fourth-order valence-electron chi connectivity index (χ4n) is 3.04. The van der Waals surface area contributed by atoms with E-state index in [9.17, 15) is 4.21 Å². The third-order valence-corrected chi connectivity index (χ3v) is 4.84. The smallest absolute Gasteiger partial charge is 0.0357 e. The maximum Gasteiger partial charge on any atom is 0.0357 e. The van der Waals surface area contributed by atoms with E-state index in [0.29, 0.717) is 0 Å². The van der Waals surface area contributed by atoms with Crippen LogP contribution in [-0.2, 0) is 10.8 Å². The molecule has 94 valence electrons. The molecule has 0 aromatic carbocycles. The van der Waals surface area contributed by atoms with Crippen molar-refractivity contribution in [2.24, 2.45) is 11.8 Å². The van der Waals surface area contributed by atoms with Crippen LogP contribution in [0, 0.1) is 11.8 Å². The van der Waals surface area contributed by atoms with Crippen molar-refractivity contribution in [1.29, 1.82) is 0 Å². The van der Waals surface area contributed by atoms with Crippen molar-refractivity contribution in [3.63, 3.8) is 0 Å². The van der Waals surface area contributed by atoms with E-state index in [4.69, 9.17) is 0 Å². The Bertz CT molecular complexity index is 234. The Morgan fingerprint density at radius 3 is 2.31 bits per heavy atom. The summed E-state index contributed by atoms with van der Waals surface area (Å²) in [5, 5.41) is 3.69. The quantitative estimate of drug-likeness (QED) is 0.775. The van der Waals surface area contributed by atoms with Gasteiger partial charge < -0.3 is 5.32 Å². The summed E-state index contributed by atoms with van der Waals surface area (Å²) in [6.45, 7) is 0.945. The third kappa shape index (κ3) is 3.85. The van der Waals surface area contributed by atoms with Gasteiger partial charge >= 0.3 is 0 Å². The van der Waals surface area contributed by atoms with Gasteiger partial charge in [-0.05, 0) is 37.5 Å². The van der Waals surface area contributed by atoms with Crippen LogP contribution in [0.25, 0.3) is 0 Å². The SMILES string of the molecule is CS(=O)CCNC(C1CCCCC1)C1CC1. The lowest BCUT2D eigenvalue weighted by molar-refractivity contribution is 0.251. The fraction of sp³-hybridized carbons (Fsp3) is 1.00. The number of hydrogen-bond donors (Lipinski definition) is 1. The van der Waals surface area contributed by atoms with Crippen LogP contribution in [0.4, 0.5) is 0 Å². The molecule has 0 radical (unpaired) electrons. The van der Waals surface area contributed by atoms with E-state index >= 15 is 0 Å². The second-order valence-corrected chi connectivity index (χ2v) is 7.05. The topological polar surface area (TPSA) is 29.1 Å². The Labute approximate surface area is 102 Å². The second-order valence-electron chi connectivity index (χ2n) is 5.49. The molecule has 2 fully saturated rings. The zero-order chi connectivity index (χ0) is 11.4. The summed E-state index contributed by atoms with van der Waals surface area (Å²) in [6, 6.07) is 0.740. The zero-order valence-electron chi connectivity index (χ0n) is 10.4.